The summed E-state index contributed by atoms with van der Waals surface area (Å²) in [6, 6.07) is 4.93. The number of fused-ring (bicyclic) bond motifs is 1. The predicted octanol–water partition coefficient (Wildman–Crippen LogP) is 4.15. The maximum Gasteiger partial charge on any atom is 0.319 e. The highest BCUT2D eigenvalue weighted by atomic mass is 16.5. The van der Waals surface area contributed by atoms with E-state index < -0.39 is 0 Å². The van der Waals surface area contributed by atoms with E-state index >= 15 is 0 Å². The van der Waals surface area contributed by atoms with Gasteiger partial charge in [0.25, 0.3) is 5.82 Å². The van der Waals surface area contributed by atoms with Crippen LogP contribution in [0.3, 0.4) is 0 Å². The number of pyridine rings is 1. The number of hydrogen-bond donors (Lipinski definition) is 2. The predicted molar refractivity (Wildman–Crippen MR) is 103 cm³/mol. The van der Waals surface area contributed by atoms with Crippen molar-refractivity contribution in [3.63, 3.8) is 0 Å². The molecule has 0 aliphatic rings. The van der Waals surface area contributed by atoms with E-state index in [4.69, 9.17) is 11.3 Å². The fourth-order valence-electron chi connectivity index (χ4n) is 2.60. The van der Waals surface area contributed by atoms with Gasteiger partial charge in [-0.2, -0.15) is 0 Å². The minimum Gasteiger partial charge on any atom is -0.453 e. The lowest BCUT2D eigenvalue weighted by Gasteiger charge is -2.13. The van der Waals surface area contributed by atoms with Crippen LogP contribution in [-0.4, -0.2) is 26.6 Å². The summed E-state index contributed by atoms with van der Waals surface area (Å²) >= 11 is 0. The number of nitrogens with one attached hydrogen (secondary N) is 2. The summed E-state index contributed by atoms with van der Waals surface area (Å²) in [7, 11) is 1.87. The lowest BCUT2D eigenvalue weighted by Crippen LogP contribution is -2.34. The molecule has 0 aliphatic carbocycles. The molecule has 0 fully saturated rings. The number of ether oxygens (including phenoxy) is 1. The lowest BCUT2D eigenvalue weighted by atomic mass is 10.2. The van der Waals surface area contributed by atoms with Gasteiger partial charge in [-0.05, 0) is 32.4 Å². The Morgan fingerprint density at radius 3 is 2.74 bits per heavy atom. The van der Waals surface area contributed by atoms with Crippen molar-refractivity contribution >= 4 is 28.6 Å². The molecular formula is C19H20N6O2. The molecule has 8 nitrogen and oxygen atoms in total. The summed E-state index contributed by atoms with van der Waals surface area (Å²) in [4.78, 5) is 23.9. The quantitative estimate of drug-likeness (QED) is 0.681. The minimum atomic E-state index is -0.312. The zero-order valence-electron chi connectivity index (χ0n) is 15.6. The van der Waals surface area contributed by atoms with Crippen molar-refractivity contribution in [1.82, 2.24) is 19.9 Å². The topological polar surface area (TPSA) is 85.4 Å². The van der Waals surface area contributed by atoms with E-state index in [1.165, 1.54) is 6.20 Å². The van der Waals surface area contributed by atoms with Crippen LogP contribution in [0.25, 0.3) is 15.9 Å². The molecule has 27 heavy (non-hydrogen) atoms. The molecule has 0 saturated heterocycles. The van der Waals surface area contributed by atoms with Crippen LogP contribution in [0.4, 0.5) is 16.3 Å². The highest BCUT2D eigenvalue weighted by Gasteiger charge is 2.14. The number of anilines is 1. The highest BCUT2D eigenvalue weighted by Crippen LogP contribution is 2.32. The molecule has 0 unspecified atom stereocenters. The van der Waals surface area contributed by atoms with Gasteiger partial charge in [0.05, 0.1) is 17.5 Å². The number of imidazole rings is 1. The number of nitrogens with zero attached hydrogens (tertiary/aromatic N) is 4. The van der Waals surface area contributed by atoms with Crippen molar-refractivity contribution in [2.24, 2.45) is 7.05 Å². The van der Waals surface area contributed by atoms with Crippen LogP contribution in [0.1, 0.15) is 19.4 Å². The van der Waals surface area contributed by atoms with Crippen molar-refractivity contribution in [1.29, 1.82) is 0 Å². The number of urea groups is 1. The summed E-state index contributed by atoms with van der Waals surface area (Å²) in [5.74, 6) is 1.39. The number of carbonyl (C=O) groups excluding carboxylic acids is 1. The summed E-state index contributed by atoms with van der Waals surface area (Å²) in [5.41, 5.74) is 2.83. The Morgan fingerprint density at radius 2 is 2.07 bits per heavy atom. The maximum atomic E-state index is 12.1. The molecule has 0 saturated carbocycles. The van der Waals surface area contributed by atoms with Gasteiger partial charge < -0.3 is 24.8 Å². The lowest BCUT2D eigenvalue weighted by molar-refractivity contribution is 0.250. The third-order valence-electron chi connectivity index (χ3n) is 3.86. The van der Waals surface area contributed by atoms with Gasteiger partial charge in [0, 0.05) is 25.2 Å². The van der Waals surface area contributed by atoms with Crippen molar-refractivity contribution in [2.75, 3.05) is 5.32 Å². The zero-order chi connectivity index (χ0) is 19.6. The third-order valence-corrected chi connectivity index (χ3v) is 3.86. The van der Waals surface area contributed by atoms with E-state index in [1.807, 2.05) is 38.5 Å². The van der Waals surface area contributed by atoms with Crippen LogP contribution in [-0.2, 0) is 7.05 Å². The van der Waals surface area contributed by atoms with E-state index in [0.717, 1.165) is 11.1 Å². The minimum absolute atomic E-state index is 0.0124. The molecule has 1 aromatic carbocycles. The van der Waals surface area contributed by atoms with Crippen molar-refractivity contribution < 1.29 is 9.53 Å². The molecule has 0 aliphatic heterocycles. The molecule has 2 aromatic heterocycles. The summed E-state index contributed by atoms with van der Waals surface area (Å²) in [6.07, 6.45) is 3.20. The Morgan fingerprint density at radius 1 is 1.30 bits per heavy atom. The molecule has 2 amide bonds. The molecule has 0 atom stereocenters. The molecular weight excluding hydrogens is 344 g/mol. The first kappa shape index (κ1) is 18.2. The molecule has 2 heterocycles. The third kappa shape index (κ3) is 3.98. The van der Waals surface area contributed by atoms with Crippen LogP contribution in [0.15, 0.2) is 30.7 Å². The first-order chi connectivity index (χ1) is 12.9. The molecule has 3 rings (SSSR count). The summed E-state index contributed by atoms with van der Waals surface area (Å²) in [5, 5.41) is 5.62. The molecule has 0 bridgehead atoms. The Kier molecular flexibility index (Phi) is 4.94. The largest absolute Gasteiger partial charge is 0.453 e. The number of aromatic nitrogens is 3. The summed E-state index contributed by atoms with van der Waals surface area (Å²) < 4.78 is 7.81. The van der Waals surface area contributed by atoms with Gasteiger partial charge in [-0.15, -0.1) is 4.98 Å². The highest BCUT2D eigenvalue weighted by molar-refractivity contribution is 5.99. The van der Waals surface area contributed by atoms with Gasteiger partial charge in [-0.3, -0.25) is 0 Å². The molecule has 138 valence electrons. The average Bonchev–Trinajstić information content (AvgIpc) is 2.97. The zero-order valence-corrected chi connectivity index (χ0v) is 15.6. The molecule has 8 heteroatoms. The van der Waals surface area contributed by atoms with Crippen LogP contribution < -0.4 is 15.4 Å². The van der Waals surface area contributed by atoms with Crippen molar-refractivity contribution in [3.05, 3.63) is 47.7 Å². The van der Waals surface area contributed by atoms with Gasteiger partial charge in [-0.25, -0.2) is 9.78 Å². The summed E-state index contributed by atoms with van der Waals surface area (Å²) in [6.45, 7) is 12.7. The number of rotatable bonds is 4. The van der Waals surface area contributed by atoms with Crippen LogP contribution in [0, 0.1) is 13.5 Å². The van der Waals surface area contributed by atoms with Crippen LogP contribution in [0.5, 0.6) is 11.5 Å². The Hall–Kier alpha value is -3.60. The number of amides is 2. The normalized spacial score (nSPS) is 10.7. The van der Waals surface area contributed by atoms with Crippen LogP contribution >= 0.6 is 0 Å². The molecule has 3 aromatic rings. The Balaban J connectivity index is 1.97. The first-order valence-corrected chi connectivity index (χ1v) is 8.42. The van der Waals surface area contributed by atoms with Crippen molar-refractivity contribution in [3.8, 4) is 11.5 Å². The van der Waals surface area contributed by atoms with Gasteiger partial charge in [0.15, 0.2) is 11.9 Å². The molecule has 2 N–H and O–H groups in total. The second-order valence-corrected chi connectivity index (χ2v) is 6.47. The van der Waals surface area contributed by atoms with E-state index in [-0.39, 0.29) is 12.1 Å². The van der Waals surface area contributed by atoms with Gasteiger partial charge in [-0.1, -0.05) is 6.57 Å². The number of hydrogen-bond acceptors (Lipinski definition) is 4. The Bertz CT molecular complexity index is 1050. The van der Waals surface area contributed by atoms with E-state index in [2.05, 4.69) is 25.4 Å². The van der Waals surface area contributed by atoms with E-state index in [9.17, 15) is 4.79 Å². The van der Waals surface area contributed by atoms with E-state index in [0.29, 0.717) is 28.5 Å². The smallest absolute Gasteiger partial charge is 0.319 e. The molecule has 0 radical (unpaired) electrons. The monoisotopic (exact) mass is 364 g/mol. The first-order valence-electron chi connectivity index (χ1n) is 8.42. The maximum absolute atomic E-state index is 12.1. The second-order valence-electron chi connectivity index (χ2n) is 6.47. The SMILES string of the molecule is [C-]#[N+]c1cc(C)c(Oc2cc(NC(=O)NC(C)C)c3ncn(C)c3c2)cn1. The fraction of sp³-hybridized carbons (Fsp3) is 0.263. The van der Waals surface area contributed by atoms with E-state index in [1.54, 1.807) is 18.5 Å². The number of aryl methyl sites for hydroxylation is 2. The van der Waals surface area contributed by atoms with Gasteiger partial charge in [0.2, 0.25) is 0 Å². The molecule has 0 spiro atoms. The average molecular weight is 364 g/mol. The van der Waals surface area contributed by atoms with Gasteiger partial charge in [0.1, 0.15) is 11.3 Å². The standard InChI is InChI=1S/C19H20N6O2/c1-11(2)23-19(26)24-14-7-13(8-15-18(14)22-10-25(15)5)27-16-9-21-17(20-4)6-12(16)3/h6-11H,1-3,5H3,(H2,23,24,26). The van der Waals surface area contributed by atoms with Gasteiger partial charge >= 0.3 is 6.03 Å². The van der Waals surface area contributed by atoms with Crippen LogP contribution in [0.2, 0.25) is 0 Å². The second kappa shape index (κ2) is 7.33. The van der Waals surface area contributed by atoms with Crippen molar-refractivity contribution in [2.45, 2.75) is 26.8 Å². The number of benzene rings is 1. The fourth-order valence-corrected chi connectivity index (χ4v) is 2.60. The Labute approximate surface area is 157 Å². The number of carbonyl (C=O) groups is 1.